The lowest BCUT2D eigenvalue weighted by molar-refractivity contribution is -0.0413. The number of rotatable bonds is 1. The molecule has 0 radical (unpaired) electrons. The van der Waals surface area contributed by atoms with Crippen molar-refractivity contribution in [3.8, 4) is 0 Å². The lowest BCUT2D eigenvalue weighted by Crippen LogP contribution is -2.58. The predicted molar refractivity (Wildman–Crippen MR) is 69.9 cm³/mol. The van der Waals surface area contributed by atoms with Crippen molar-refractivity contribution in [1.29, 1.82) is 0 Å². The van der Waals surface area contributed by atoms with Crippen molar-refractivity contribution in [2.24, 2.45) is 0 Å². The molecule has 0 saturated carbocycles. The number of aryl methyl sites for hydroxylation is 1. The number of nitrogens with zero attached hydrogens (tertiary/aromatic N) is 1. The number of benzene rings is 1. The summed E-state index contributed by atoms with van der Waals surface area (Å²) in [6.07, 6.45) is -1.16. The van der Waals surface area contributed by atoms with Crippen LogP contribution in [-0.2, 0) is 0 Å². The Morgan fingerprint density at radius 2 is 1.85 bits per heavy atom. The van der Waals surface area contributed by atoms with Gasteiger partial charge in [0.25, 0.3) is 11.8 Å². The molecule has 2 aliphatic heterocycles. The van der Waals surface area contributed by atoms with Gasteiger partial charge in [0.1, 0.15) is 12.5 Å². The Labute approximate surface area is 116 Å². The van der Waals surface area contributed by atoms with Gasteiger partial charge >= 0.3 is 0 Å². The standard InChI is InChI=1S/C14H16N2O4/c1-7-2-3-8-9(6-7)14(20)16(13(8)19)10-4-5-11(17)15-12(10)18/h2-3,6,10-12,15,17-18H,4-5H2,1H3. The second-order valence-electron chi connectivity index (χ2n) is 5.30. The van der Waals surface area contributed by atoms with Crippen molar-refractivity contribution < 1.29 is 19.8 Å². The van der Waals surface area contributed by atoms with Crippen LogP contribution in [0.5, 0.6) is 0 Å². The normalized spacial score (nSPS) is 29.8. The number of hydrogen-bond acceptors (Lipinski definition) is 5. The van der Waals surface area contributed by atoms with Crippen molar-refractivity contribution in [2.75, 3.05) is 0 Å². The molecule has 1 aromatic rings. The smallest absolute Gasteiger partial charge is 0.261 e. The second kappa shape index (κ2) is 4.66. The lowest BCUT2D eigenvalue weighted by atomic mass is 10.0. The van der Waals surface area contributed by atoms with Gasteiger partial charge in [-0.25, -0.2) is 0 Å². The molecular formula is C14H16N2O4. The molecular weight excluding hydrogens is 260 g/mol. The molecule has 3 unspecified atom stereocenters. The monoisotopic (exact) mass is 276 g/mol. The molecule has 0 bridgehead atoms. The number of hydrogen-bond donors (Lipinski definition) is 3. The molecule has 20 heavy (non-hydrogen) atoms. The maximum atomic E-state index is 12.4. The number of aliphatic hydroxyl groups excluding tert-OH is 2. The second-order valence-corrected chi connectivity index (χ2v) is 5.30. The minimum atomic E-state index is -1.11. The van der Waals surface area contributed by atoms with Crippen molar-refractivity contribution in [3.63, 3.8) is 0 Å². The predicted octanol–water partition coefficient (Wildman–Crippen LogP) is -0.0202. The zero-order chi connectivity index (χ0) is 14.4. The van der Waals surface area contributed by atoms with Crippen LogP contribution in [-0.4, -0.2) is 45.4 Å². The summed E-state index contributed by atoms with van der Waals surface area (Å²) in [4.78, 5) is 25.8. The molecule has 3 N–H and O–H groups in total. The average Bonchev–Trinajstić information content (AvgIpc) is 2.63. The number of imide groups is 1. The van der Waals surface area contributed by atoms with Gasteiger partial charge in [-0.2, -0.15) is 0 Å². The first-order valence-corrected chi connectivity index (χ1v) is 6.60. The fourth-order valence-corrected chi connectivity index (χ4v) is 2.82. The van der Waals surface area contributed by atoms with E-state index in [2.05, 4.69) is 5.32 Å². The topological polar surface area (TPSA) is 89.9 Å². The van der Waals surface area contributed by atoms with Crippen molar-refractivity contribution in [3.05, 3.63) is 34.9 Å². The number of carbonyl (C=O) groups excluding carboxylic acids is 2. The first-order valence-electron chi connectivity index (χ1n) is 6.60. The minimum absolute atomic E-state index is 0.374. The highest BCUT2D eigenvalue weighted by Gasteiger charge is 2.44. The highest BCUT2D eigenvalue weighted by atomic mass is 16.3. The summed E-state index contributed by atoms with van der Waals surface area (Å²) in [6, 6.07) is 4.47. The van der Waals surface area contributed by atoms with Crippen LogP contribution in [0.4, 0.5) is 0 Å². The van der Waals surface area contributed by atoms with Crippen molar-refractivity contribution in [2.45, 2.75) is 38.3 Å². The lowest BCUT2D eigenvalue weighted by Gasteiger charge is -2.36. The number of piperidine rings is 1. The molecule has 1 fully saturated rings. The van der Waals surface area contributed by atoms with Crippen LogP contribution < -0.4 is 5.32 Å². The van der Waals surface area contributed by atoms with Gasteiger partial charge in [0.05, 0.1) is 17.2 Å². The largest absolute Gasteiger partial charge is 0.379 e. The van der Waals surface area contributed by atoms with Crippen molar-refractivity contribution in [1.82, 2.24) is 10.2 Å². The molecule has 2 amide bonds. The molecule has 6 heteroatoms. The highest BCUT2D eigenvalue weighted by molar-refractivity contribution is 6.21. The van der Waals surface area contributed by atoms with E-state index in [9.17, 15) is 19.8 Å². The molecule has 2 heterocycles. The van der Waals surface area contributed by atoms with Crippen molar-refractivity contribution >= 4 is 11.8 Å². The molecule has 0 aliphatic carbocycles. The molecule has 6 nitrogen and oxygen atoms in total. The average molecular weight is 276 g/mol. The highest BCUT2D eigenvalue weighted by Crippen LogP contribution is 2.29. The maximum Gasteiger partial charge on any atom is 0.261 e. The Kier molecular flexibility index (Phi) is 3.08. The number of aliphatic hydroxyl groups is 2. The molecule has 1 saturated heterocycles. The van der Waals surface area contributed by atoms with Crippen LogP contribution in [0, 0.1) is 6.92 Å². The summed E-state index contributed by atoms with van der Waals surface area (Å²) in [7, 11) is 0. The van der Waals surface area contributed by atoms with Gasteiger partial charge in [-0.05, 0) is 31.9 Å². The zero-order valence-electron chi connectivity index (χ0n) is 11.0. The molecule has 3 atom stereocenters. The SMILES string of the molecule is Cc1ccc2c(c1)C(=O)N(C1CCC(O)NC1O)C2=O. The minimum Gasteiger partial charge on any atom is -0.379 e. The fourth-order valence-electron chi connectivity index (χ4n) is 2.82. The van der Waals surface area contributed by atoms with Crippen LogP contribution in [0.1, 0.15) is 39.1 Å². The number of nitrogens with one attached hydrogen (secondary N) is 1. The number of carbonyl (C=O) groups is 2. The third-order valence-electron chi connectivity index (χ3n) is 3.87. The van der Waals surface area contributed by atoms with E-state index in [1.807, 2.05) is 6.92 Å². The summed E-state index contributed by atoms with van der Waals surface area (Å²) in [6.45, 7) is 1.86. The van der Waals surface area contributed by atoms with Gasteiger partial charge in [0.15, 0.2) is 0 Å². The van der Waals surface area contributed by atoms with Crippen LogP contribution in [0.3, 0.4) is 0 Å². The zero-order valence-corrected chi connectivity index (χ0v) is 11.0. The Morgan fingerprint density at radius 3 is 2.55 bits per heavy atom. The summed E-state index contributed by atoms with van der Waals surface area (Å²) >= 11 is 0. The van der Waals surface area contributed by atoms with E-state index in [1.165, 1.54) is 0 Å². The van der Waals surface area contributed by atoms with E-state index >= 15 is 0 Å². The van der Waals surface area contributed by atoms with Gasteiger partial charge in [-0.3, -0.25) is 19.8 Å². The van der Waals surface area contributed by atoms with E-state index in [1.54, 1.807) is 18.2 Å². The van der Waals surface area contributed by atoms with Gasteiger partial charge in [-0.1, -0.05) is 11.6 Å². The Balaban J connectivity index is 1.93. The van der Waals surface area contributed by atoms with Gasteiger partial charge in [0, 0.05) is 0 Å². The maximum absolute atomic E-state index is 12.4. The summed E-state index contributed by atoms with van der Waals surface area (Å²) in [5.41, 5.74) is 1.66. The molecule has 0 aromatic heterocycles. The Bertz CT molecular complexity index is 587. The van der Waals surface area contributed by atoms with Gasteiger partial charge in [0.2, 0.25) is 0 Å². The third kappa shape index (κ3) is 1.93. The summed E-state index contributed by atoms with van der Waals surface area (Å²) < 4.78 is 0. The van der Waals surface area contributed by atoms with Crippen LogP contribution in [0.2, 0.25) is 0 Å². The quantitative estimate of drug-likeness (QED) is 0.627. The molecule has 3 rings (SSSR count). The number of amides is 2. The third-order valence-corrected chi connectivity index (χ3v) is 3.87. The molecule has 106 valence electrons. The fraction of sp³-hybridized carbons (Fsp3) is 0.429. The van der Waals surface area contributed by atoms with E-state index < -0.39 is 18.5 Å². The number of fused-ring (bicyclic) bond motifs is 1. The summed E-state index contributed by atoms with van der Waals surface area (Å²) in [5.74, 6) is -0.761. The first-order chi connectivity index (χ1) is 9.49. The van der Waals surface area contributed by atoms with E-state index in [0.717, 1.165) is 10.5 Å². The van der Waals surface area contributed by atoms with Crippen LogP contribution in [0.25, 0.3) is 0 Å². The molecule has 2 aliphatic rings. The van der Waals surface area contributed by atoms with E-state index in [0.29, 0.717) is 24.0 Å². The van der Waals surface area contributed by atoms with Crippen LogP contribution in [0.15, 0.2) is 18.2 Å². The van der Waals surface area contributed by atoms with Gasteiger partial charge in [-0.15, -0.1) is 0 Å². The Hall–Kier alpha value is -1.76. The van der Waals surface area contributed by atoms with E-state index in [4.69, 9.17) is 0 Å². The molecule has 1 aromatic carbocycles. The van der Waals surface area contributed by atoms with Gasteiger partial charge < -0.3 is 10.2 Å². The Morgan fingerprint density at radius 1 is 1.15 bits per heavy atom. The molecule has 0 spiro atoms. The van der Waals surface area contributed by atoms with E-state index in [-0.39, 0.29) is 11.8 Å². The van der Waals surface area contributed by atoms with Crippen LogP contribution >= 0.6 is 0 Å². The first kappa shape index (κ1) is 13.2. The summed E-state index contributed by atoms with van der Waals surface area (Å²) in [5, 5.41) is 21.9.